The summed E-state index contributed by atoms with van der Waals surface area (Å²) in [7, 11) is 1.33. The van der Waals surface area contributed by atoms with E-state index in [0.29, 0.717) is 0 Å². The maximum Gasteiger partial charge on any atom is 0.408 e. The molecule has 0 spiro atoms. The van der Waals surface area contributed by atoms with E-state index in [-0.39, 0.29) is 18.7 Å². The van der Waals surface area contributed by atoms with Gasteiger partial charge in [0, 0.05) is 51.2 Å². The number of ether oxygens (including phenoxy) is 1. The maximum atomic E-state index is 12.9. The van der Waals surface area contributed by atoms with Gasteiger partial charge in [-0.05, 0) is 32.4 Å². The molecule has 0 aliphatic carbocycles. The Morgan fingerprint density at radius 1 is 1.19 bits per heavy atom. The summed E-state index contributed by atoms with van der Waals surface area (Å²) in [5, 5.41) is 6.21. The summed E-state index contributed by atoms with van der Waals surface area (Å²) in [6.45, 7) is 5.14. The Hall–Kier alpha value is -2.59. The molecule has 172 valence electrons. The van der Waals surface area contributed by atoms with E-state index in [2.05, 4.69) is 10.6 Å². The number of alkyl carbamates (subject to hydrolysis) is 1. The number of carbonyl (C=O) groups is 2. The summed E-state index contributed by atoms with van der Waals surface area (Å²) >= 11 is 0. The number of nitrogens with one attached hydrogen (secondary N) is 2. The van der Waals surface area contributed by atoms with Crippen LogP contribution in [0.2, 0.25) is 0 Å². The predicted molar refractivity (Wildman–Crippen MR) is 120 cm³/mol. The third-order valence-electron chi connectivity index (χ3n) is 4.63. The molecule has 0 aliphatic rings. The molecule has 0 bridgehead atoms. The van der Waals surface area contributed by atoms with Gasteiger partial charge in [-0.2, -0.15) is 0 Å². The molecule has 0 saturated heterocycles. The van der Waals surface area contributed by atoms with E-state index in [9.17, 15) is 18.0 Å². The average molecular weight is 453 g/mol. The summed E-state index contributed by atoms with van der Waals surface area (Å²) in [5.41, 5.74) is 1.17. The van der Waals surface area contributed by atoms with E-state index >= 15 is 0 Å². The van der Waals surface area contributed by atoms with Crippen molar-refractivity contribution >= 4 is 32.9 Å². The summed E-state index contributed by atoms with van der Waals surface area (Å²) in [4.78, 5) is 25.2. The minimum atomic E-state index is -3.45. The summed E-state index contributed by atoms with van der Waals surface area (Å²) in [6.07, 6.45) is 1.43. The predicted octanol–water partition coefficient (Wildman–Crippen LogP) is 1.62. The number of hydrogen-bond acceptors (Lipinski definition) is 5. The molecule has 2 amide bonds. The lowest BCUT2D eigenvalue weighted by Gasteiger charge is -2.23. The number of aromatic nitrogens is 1. The van der Waals surface area contributed by atoms with Crippen LogP contribution in [0.3, 0.4) is 0 Å². The molecule has 0 unspecified atom stereocenters. The maximum absolute atomic E-state index is 12.9. The molecule has 0 fully saturated rings. The standard InChI is InChI=1S/C21H32N4O5S/c1-21(2,3)30-20(27)23-17(19(26)22-11-12-31(28,29)24(4)5)13-15-14-25(6)18-10-8-7-9-16(15)18/h7-10,14,17H,11-13H2,1-6H3,(H,22,26)(H,23,27)/t17-/m0/s1. The van der Waals surface area contributed by atoms with Crippen LogP contribution >= 0.6 is 0 Å². The molecular formula is C21H32N4O5S. The average Bonchev–Trinajstić information content (AvgIpc) is 2.95. The molecular weight excluding hydrogens is 420 g/mol. The van der Waals surface area contributed by atoms with E-state index in [1.54, 1.807) is 20.8 Å². The molecule has 2 aromatic rings. The molecule has 10 heteroatoms. The van der Waals surface area contributed by atoms with Crippen molar-refractivity contribution in [3.05, 3.63) is 36.0 Å². The van der Waals surface area contributed by atoms with Gasteiger partial charge < -0.3 is 19.9 Å². The van der Waals surface area contributed by atoms with Crippen LogP contribution < -0.4 is 10.6 Å². The highest BCUT2D eigenvalue weighted by atomic mass is 32.2. The number of rotatable bonds is 8. The van der Waals surface area contributed by atoms with E-state index in [0.717, 1.165) is 20.8 Å². The Balaban J connectivity index is 2.19. The lowest BCUT2D eigenvalue weighted by Crippen LogP contribution is -2.50. The van der Waals surface area contributed by atoms with Crippen molar-refractivity contribution in [2.24, 2.45) is 7.05 Å². The highest BCUT2D eigenvalue weighted by Gasteiger charge is 2.26. The summed E-state index contributed by atoms with van der Waals surface area (Å²) < 4.78 is 32.2. The normalized spacial score (nSPS) is 13.3. The number of aryl methyl sites for hydroxylation is 1. The largest absolute Gasteiger partial charge is 0.444 e. The number of para-hydroxylation sites is 1. The Labute approximate surface area is 183 Å². The molecule has 1 heterocycles. The van der Waals surface area contributed by atoms with Gasteiger partial charge >= 0.3 is 6.09 Å². The van der Waals surface area contributed by atoms with Gasteiger partial charge in [-0.15, -0.1) is 0 Å². The van der Waals surface area contributed by atoms with Crippen LogP contribution in [-0.4, -0.2) is 67.3 Å². The molecule has 0 aliphatic heterocycles. The number of fused-ring (bicyclic) bond motifs is 1. The van der Waals surface area contributed by atoms with Gasteiger partial charge in [-0.25, -0.2) is 17.5 Å². The van der Waals surface area contributed by atoms with E-state index < -0.39 is 33.7 Å². The van der Waals surface area contributed by atoms with Crippen LogP contribution in [0.25, 0.3) is 10.9 Å². The van der Waals surface area contributed by atoms with Crippen molar-refractivity contribution < 1.29 is 22.7 Å². The molecule has 2 N–H and O–H groups in total. The third-order valence-corrected chi connectivity index (χ3v) is 6.46. The third kappa shape index (κ3) is 6.96. The number of amides is 2. The van der Waals surface area contributed by atoms with Gasteiger partial charge in [0.25, 0.3) is 0 Å². The first-order chi connectivity index (χ1) is 14.3. The molecule has 0 saturated carbocycles. The van der Waals surface area contributed by atoms with Crippen LogP contribution in [0.1, 0.15) is 26.3 Å². The first-order valence-corrected chi connectivity index (χ1v) is 11.6. The molecule has 1 aromatic heterocycles. The smallest absolute Gasteiger partial charge is 0.408 e. The van der Waals surface area contributed by atoms with Crippen LogP contribution in [0, 0.1) is 0 Å². The second-order valence-electron chi connectivity index (χ2n) is 8.57. The Morgan fingerprint density at radius 2 is 1.84 bits per heavy atom. The zero-order valence-electron chi connectivity index (χ0n) is 18.9. The van der Waals surface area contributed by atoms with Crippen LogP contribution in [0.5, 0.6) is 0 Å². The molecule has 2 rings (SSSR count). The second-order valence-corrected chi connectivity index (χ2v) is 10.9. The zero-order chi connectivity index (χ0) is 23.4. The Bertz CT molecular complexity index is 1040. The number of carbonyl (C=O) groups excluding carboxylic acids is 2. The summed E-state index contributed by atoms with van der Waals surface area (Å²) in [6, 6.07) is 6.84. The molecule has 31 heavy (non-hydrogen) atoms. The molecule has 1 atom stereocenters. The number of hydrogen-bond donors (Lipinski definition) is 2. The lowest BCUT2D eigenvalue weighted by atomic mass is 10.0. The van der Waals surface area contributed by atoms with Gasteiger partial charge in [0.05, 0.1) is 5.75 Å². The topological polar surface area (TPSA) is 110 Å². The van der Waals surface area contributed by atoms with Crippen molar-refractivity contribution in [3.8, 4) is 0 Å². The zero-order valence-corrected chi connectivity index (χ0v) is 19.7. The van der Waals surface area contributed by atoms with E-state index in [1.165, 1.54) is 14.1 Å². The molecule has 9 nitrogen and oxygen atoms in total. The highest BCUT2D eigenvalue weighted by Crippen LogP contribution is 2.21. The SMILES string of the molecule is CN(C)S(=O)(=O)CCNC(=O)[C@H](Cc1cn(C)c2ccccc12)NC(=O)OC(C)(C)C. The number of sulfonamides is 1. The minimum Gasteiger partial charge on any atom is -0.444 e. The van der Waals surface area contributed by atoms with Crippen LogP contribution in [0.15, 0.2) is 30.5 Å². The van der Waals surface area contributed by atoms with Crippen molar-refractivity contribution in [1.82, 2.24) is 19.5 Å². The first-order valence-electron chi connectivity index (χ1n) is 10.0. The van der Waals surface area contributed by atoms with Crippen molar-refractivity contribution in [2.45, 2.75) is 38.8 Å². The fourth-order valence-corrected chi connectivity index (χ4v) is 3.80. The van der Waals surface area contributed by atoms with Gasteiger partial charge in [0.2, 0.25) is 15.9 Å². The van der Waals surface area contributed by atoms with Crippen LogP contribution in [-0.2, 0) is 33.0 Å². The summed E-state index contributed by atoms with van der Waals surface area (Å²) in [5.74, 6) is -0.716. The molecule has 0 radical (unpaired) electrons. The number of nitrogens with zero attached hydrogens (tertiary/aromatic N) is 2. The van der Waals surface area contributed by atoms with E-state index in [4.69, 9.17) is 4.74 Å². The van der Waals surface area contributed by atoms with Gasteiger partial charge in [-0.1, -0.05) is 18.2 Å². The fourth-order valence-electron chi connectivity index (χ4n) is 3.08. The van der Waals surface area contributed by atoms with Gasteiger partial charge in [0.15, 0.2) is 0 Å². The monoisotopic (exact) mass is 452 g/mol. The molecule has 1 aromatic carbocycles. The first kappa shape index (κ1) is 24.7. The Morgan fingerprint density at radius 3 is 2.45 bits per heavy atom. The van der Waals surface area contributed by atoms with E-state index in [1.807, 2.05) is 42.1 Å². The van der Waals surface area contributed by atoms with Crippen molar-refractivity contribution in [2.75, 3.05) is 26.4 Å². The fraction of sp³-hybridized carbons (Fsp3) is 0.524. The lowest BCUT2D eigenvalue weighted by molar-refractivity contribution is -0.123. The van der Waals surface area contributed by atoms with Gasteiger partial charge in [-0.3, -0.25) is 4.79 Å². The Kier molecular flexibility index (Phi) is 7.72. The second kappa shape index (κ2) is 9.69. The van der Waals surface area contributed by atoms with Crippen molar-refractivity contribution in [3.63, 3.8) is 0 Å². The highest BCUT2D eigenvalue weighted by molar-refractivity contribution is 7.89. The number of benzene rings is 1. The minimum absolute atomic E-state index is 0.0681. The van der Waals surface area contributed by atoms with Gasteiger partial charge in [0.1, 0.15) is 11.6 Å². The quantitative estimate of drug-likeness (QED) is 0.633. The van der Waals surface area contributed by atoms with Crippen molar-refractivity contribution in [1.29, 1.82) is 0 Å². The van der Waals surface area contributed by atoms with Crippen LogP contribution in [0.4, 0.5) is 4.79 Å².